The van der Waals surface area contributed by atoms with Crippen LogP contribution in [0.3, 0.4) is 0 Å². The number of amides is 1. The Balaban J connectivity index is 2.17. The van der Waals surface area contributed by atoms with Crippen LogP contribution < -0.4 is 4.74 Å². The van der Waals surface area contributed by atoms with E-state index in [1.165, 1.54) is 16.7 Å². The predicted octanol–water partition coefficient (Wildman–Crippen LogP) is 1.29. The number of aliphatic carboxylic acids is 1. The summed E-state index contributed by atoms with van der Waals surface area (Å²) >= 11 is 1.45. The van der Waals surface area contributed by atoms with E-state index in [0.717, 1.165) is 0 Å². The summed E-state index contributed by atoms with van der Waals surface area (Å²) in [5.41, 5.74) is 0.476. The van der Waals surface area contributed by atoms with Crippen LogP contribution in [0.4, 0.5) is 0 Å². The molecule has 2 rings (SSSR count). The number of benzene rings is 1. The Morgan fingerprint density at radius 2 is 2.06 bits per heavy atom. The molecule has 5 nitrogen and oxygen atoms in total. The van der Waals surface area contributed by atoms with Crippen molar-refractivity contribution in [2.45, 2.75) is 6.04 Å². The molecule has 1 aromatic rings. The first kappa shape index (κ1) is 12.8. The first-order valence-corrected chi connectivity index (χ1v) is 6.54. The van der Waals surface area contributed by atoms with Crippen molar-refractivity contribution in [3.63, 3.8) is 0 Å². The molecule has 1 atom stereocenters. The van der Waals surface area contributed by atoms with Gasteiger partial charge in [0.05, 0.1) is 13.0 Å². The van der Waals surface area contributed by atoms with Crippen LogP contribution >= 0.6 is 11.8 Å². The van der Waals surface area contributed by atoms with Crippen LogP contribution in [0.15, 0.2) is 24.3 Å². The van der Waals surface area contributed by atoms with Gasteiger partial charge < -0.3 is 14.7 Å². The molecule has 1 aliphatic heterocycles. The summed E-state index contributed by atoms with van der Waals surface area (Å²) in [6.45, 7) is 0. The van der Waals surface area contributed by atoms with Crippen LogP contribution in [0.2, 0.25) is 0 Å². The zero-order valence-corrected chi connectivity index (χ0v) is 10.6. The second-order valence-corrected chi connectivity index (χ2v) is 4.86. The summed E-state index contributed by atoms with van der Waals surface area (Å²) < 4.78 is 5.01. The lowest BCUT2D eigenvalue weighted by atomic mass is 10.1. The van der Waals surface area contributed by atoms with Gasteiger partial charge in [0, 0.05) is 11.3 Å². The maximum absolute atomic E-state index is 12.2. The van der Waals surface area contributed by atoms with Crippen LogP contribution in [0.5, 0.6) is 5.75 Å². The molecule has 0 spiro atoms. The standard InChI is InChI=1S/C12H13NO4S/c1-17-9-4-2-8(3-5-9)11(14)13-7-18-6-10(13)12(15)16/h2-5,10H,6-7H2,1H3,(H,15,16). The molecule has 1 saturated heterocycles. The number of nitrogens with zero attached hydrogens (tertiary/aromatic N) is 1. The lowest BCUT2D eigenvalue weighted by Gasteiger charge is -2.20. The maximum Gasteiger partial charge on any atom is 0.327 e. The van der Waals surface area contributed by atoms with E-state index in [9.17, 15) is 9.59 Å². The van der Waals surface area contributed by atoms with Crippen LogP contribution in [-0.4, -0.2) is 46.7 Å². The van der Waals surface area contributed by atoms with Gasteiger partial charge in [-0.05, 0) is 24.3 Å². The van der Waals surface area contributed by atoms with Crippen LogP contribution in [0.25, 0.3) is 0 Å². The van der Waals surface area contributed by atoms with E-state index in [1.807, 2.05) is 0 Å². The molecule has 0 aliphatic carbocycles. The molecule has 6 heteroatoms. The van der Waals surface area contributed by atoms with E-state index < -0.39 is 12.0 Å². The number of hydrogen-bond donors (Lipinski definition) is 1. The summed E-state index contributed by atoms with van der Waals surface area (Å²) in [6, 6.07) is 5.93. The van der Waals surface area contributed by atoms with Crippen molar-refractivity contribution in [3.8, 4) is 5.75 Å². The third-order valence-electron chi connectivity index (χ3n) is 2.77. The minimum absolute atomic E-state index is 0.255. The monoisotopic (exact) mass is 267 g/mol. The molecule has 1 N–H and O–H groups in total. The highest BCUT2D eigenvalue weighted by atomic mass is 32.2. The van der Waals surface area contributed by atoms with Gasteiger partial charge in [0.2, 0.25) is 0 Å². The van der Waals surface area contributed by atoms with Crippen molar-refractivity contribution in [1.82, 2.24) is 4.90 Å². The van der Waals surface area contributed by atoms with Gasteiger partial charge in [-0.3, -0.25) is 4.79 Å². The zero-order valence-electron chi connectivity index (χ0n) is 9.83. The summed E-state index contributed by atoms with van der Waals surface area (Å²) in [6.07, 6.45) is 0. The highest BCUT2D eigenvalue weighted by Gasteiger charge is 2.34. The van der Waals surface area contributed by atoms with Crippen LogP contribution in [0.1, 0.15) is 10.4 Å². The van der Waals surface area contributed by atoms with E-state index in [-0.39, 0.29) is 5.91 Å². The van der Waals surface area contributed by atoms with Crippen molar-refractivity contribution in [2.75, 3.05) is 18.7 Å². The molecule has 96 valence electrons. The molecule has 1 unspecified atom stereocenters. The molecular formula is C12H13NO4S. The van der Waals surface area contributed by atoms with Gasteiger partial charge in [-0.15, -0.1) is 11.8 Å². The summed E-state index contributed by atoms with van der Waals surface area (Å²) in [7, 11) is 1.55. The first-order valence-electron chi connectivity index (χ1n) is 5.39. The third-order valence-corrected chi connectivity index (χ3v) is 3.78. The van der Waals surface area contributed by atoms with Crippen molar-refractivity contribution < 1.29 is 19.4 Å². The van der Waals surface area contributed by atoms with Gasteiger partial charge in [0.15, 0.2) is 0 Å². The number of carbonyl (C=O) groups is 2. The lowest BCUT2D eigenvalue weighted by Crippen LogP contribution is -2.41. The zero-order chi connectivity index (χ0) is 13.1. The maximum atomic E-state index is 12.2. The summed E-state index contributed by atoms with van der Waals surface area (Å²) in [5.74, 6) is 0.313. The number of carboxylic acids is 1. The molecule has 1 heterocycles. The summed E-state index contributed by atoms with van der Waals surface area (Å²) in [4.78, 5) is 24.6. The van der Waals surface area contributed by atoms with Crippen molar-refractivity contribution in [3.05, 3.63) is 29.8 Å². The number of rotatable bonds is 3. The predicted molar refractivity (Wildman–Crippen MR) is 67.9 cm³/mol. The molecule has 0 bridgehead atoms. The number of methoxy groups -OCH3 is 1. The Bertz CT molecular complexity index is 460. The van der Waals surface area contributed by atoms with Gasteiger partial charge in [-0.2, -0.15) is 0 Å². The second kappa shape index (κ2) is 5.30. The van der Waals surface area contributed by atoms with E-state index in [1.54, 1.807) is 31.4 Å². The van der Waals surface area contributed by atoms with Crippen molar-refractivity contribution in [2.24, 2.45) is 0 Å². The molecule has 0 aromatic heterocycles. The smallest absolute Gasteiger partial charge is 0.327 e. The largest absolute Gasteiger partial charge is 0.497 e. The van der Waals surface area contributed by atoms with E-state index in [2.05, 4.69) is 0 Å². The first-order chi connectivity index (χ1) is 8.63. The van der Waals surface area contributed by atoms with Gasteiger partial charge in [-0.1, -0.05) is 0 Å². The molecule has 1 fully saturated rings. The molecule has 1 amide bonds. The number of hydrogen-bond acceptors (Lipinski definition) is 4. The number of carboxylic acid groups (broad SMARTS) is 1. The number of thioether (sulfide) groups is 1. The van der Waals surface area contributed by atoms with Crippen molar-refractivity contribution in [1.29, 1.82) is 0 Å². The fraction of sp³-hybridized carbons (Fsp3) is 0.333. The average Bonchev–Trinajstić information content (AvgIpc) is 2.87. The van der Waals surface area contributed by atoms with Gasteiger partial charge in [-0.25, -0.2) is 4.79 Å². The minimum Gasteiger partial charge on any atom is -0.497 e. The van der Waals surface area contributed by atoms with Crippen molar-refractivity contribution >= 4 is 23.6 Å². The molecular weight excluding hydrogens is 254 g/mol. The van der Waals surface area contributed by atoms with Gasteiger partial charge in [0.1, 0.15) is 11.8 Å². The number of carbonyl (C=O) groups excluding carboxylic acids is 1. The highest BCUT2D eigenvalue weighted by Crippen LogP contribution is 2.24. The SMILES string of the molecule is COc1ccc(C(=O)N2CSCC2C(=O)O)cc1. The Kier molecular flexibility index (Phi) is 3.76. The van der Waals surface area contributed by atoms with Gasteiger partial charge >= 0.3 is 5.97 Å². The topological polar surface area (TPSA) is 66.8 Å². The fourth-order valence-corrected chi connectivity index (χ4v) is 2.89. The molecule has 0 radical (unpaired) electrons. The summed E-state index contributed by atoms with van der Waals surface area (Å²) in [5, 5.41) is 9.03. The van der Waals surface area contributed by atoms with Gasteiger partial charge in [0.25, 0.3) is 5.91 Å². The molecule has 1 aromatic carbocycles. The third kappa shape index (κ3) is 2.43. The number of ether oxygens (including phenoxy) is 1. The molecule has 1 aliphatic rings. The molecule has 0 saturated carbocycles. The minimum atomic E-state index is -0.957. The molecule has 18 heavy (non-hydrogen) atoms. The van der Waals surface area contributed by atoms with E-state index in [0.29, 0.717) is 22.9 Å². The quantitative estimate of drug-likeness (QED) is 0.894. The Hall–Kier alpha value is -1.69. The lowest BCUT2D eigenvalue weighted by molar-refractivity contribution is -0.140. The van der Waals surface area contributed by atoms with E-state index >= 15 is 0 Å². The van der Waals surface area contributed by atoms with Crippen LogP contribution in [0, 0.1) is 0 Å². The van der Waals surface area contributed by atoms with Crippen LogP contribution in [-0.2, 0) is 4.79 Å². The normalized spacial score (nSPS) is 18.7. The Labute approximate surface area is 109 Å². The highest BCUT2D eigenvalue weighted by molar-refractivity contribution is 7.99. The Morgan fingerprint density at radius 1 is 1.39 bits per heavy atom. The Morgan fingerprint density at radius 3 is 2.61 bits per heavy atom. The average molecular weight is 267 g/mol. The van der Waals surface area contributed by atoms with E-state index in [4.69, 9.17) is 9.84 Å². The fourth-order valence-electron chi connectivity index (χ4n) is 1.75. The second-order valence-electron chi connectivity index (χ2n) is 3.86.